The van der Waals surface area contributed by atoms with Crippen LogP contribution >= 0.6 is 11.6 Å². The Kier molecular flexibility index (Phi) is 3.58. The predicted octanol–water partition coefficient (Wildman–Crippen LogP) is 1.36. The summed E-state index contributed by atoms with van der Waals surface area (Å²) in [6, 6.07) is 5.95. The fourth-order valence-electron chi connectivity index (χ4n) is 1.94. The number of sulfonamides is 1. The molecule has 5 nitrogen and oxygen atoms in total. The van der Waals surface area contributed by atoms with Crippen LogP contribution in [0.15, 0.2) is 23.1 Å². The van der Waals surface area contributed by atoms with Crippen molar-refractivity contribution in [1.29, 1.82) is 5.26 Å². The number of hydrogen-bond donors (Lipinski definition) is 1. The van der Waals surface area contributed by atoms with Crippen molar-refractivity contribution in [2.45, 2.75) is 23.8 Å². The molecule has 1 aliphatic rings. The Hall–Kier alpha value is -1.13. The van der Waals surface area contributed by atoms with Gasteiger partial charge in [-0.05, 0) is 24.6 Å². The molecule has 0 amide bonds. The zero-order valence-corrected chi connectivity index (χ0v) is 11.9. The van der Waals surface area contributed by atoms with Crippen molar-refractivity contribution < 1.29 is 13.5 Å². The predicted molar refractivity (Wildman–Crippen MR) is 70.2 cm³/mol. The summed E-state index contributed by atoms with van der Waals surface area (Å²) in [4.78, 5) is -0.111. The first-order chi connectivity index (χ1) is 8.82. The van der Waals surface area contributed by atoms with Crippen molar-refractivity contribution in [2.24, 2.45) is 0 Å². The SMILES string of the molecule is CCC1(O)CN(S(=O)(=O)c2cc(Cl)ccc2C#N)C1. The van der Waals surface area contributed by atoms with Gasteiger partial charge in [-0.25, -0.2) is 8.42 Å². The lowest BCUT2D eigenvalue weighted by molar-refractivity contribution is -0.0613. The van der Waals surface area contributed by atoms with E-state index >= 15 is 0 Å². The normalized spacial score (nSPS) is 18.6. The van der Waals surface area contributed by atoms with Crippen LogP contribution in [-0.2, 0) is 10.0 Å². The molecule has 0 bridgehead atoms. The van der Waals surface area contributed by atoms with Crippen molar-refractivity contribution in [3.05, 3.63) is 28.8 Å². The Morgan fingerprint density at radius 1 is 1.53 bits per heavy atom. The van der Waals surface area contributed by atoms with Gasteiger partial charge in [0.05, 0.1) is 11.2 Å². The van der Waals surface area contributed by atoms with E-state index in [1.807, 2.05) is 6.07 Å². The maximum Gasteiger partial charge on any atom is 0.244 e. The third-order valence-corrected chi connectivity index (χ3v) is 5.35. The van der Waals surface area contributed by atoms with Gasteiger partial charge in [-0.15, -0.1) is 0 Å². The van der Waals surface area contributed by atoms with Crippen LogP contribution in [0.25, 0.3) is 0 Å². The number of nitrogens with zero attached hydrogens (tertiary/aromatic N) is 2. The van der Waals surface area contributed by atoms with Crippen molar-refractivity contribution in [2.75, 3.05) is 13.1 Å². The molecule has 0 unspecified atom stereocenters. The summed E-state index contributed by atoms with van der Waals surface area (Å²) in [5, 5.41) is 19.1. The van der Waals surface area contributed by atoms with Gasteiger partial charge < -0.3 is 5.11 Å². The van der Waals surface area contributed by atoms with Crippen molar-refractivity contribution in [1.82, 2.24) is 4.31 Å². The van der Waals surface area contributed by atoms with Gasteiger partial charge in [0.25, 0.3) is 0 Å². The fourth-order valence-corrected chi connectivity index (χ4v) is 3.95. The van der Waals surface area contributed by atoms with Crippen LogP contribution in [0.5, 0.6) is 0 Å². The maximum atomic E-state index is 12.4. The topological polar surface area (TPSA) is 81.4 Å². The van der Waals surface area contributed by atoms with E-state index < -0.39 is 15.6 Å². The second-order valence-electron chi connectivity index (χ2n) is 4.60. The highest BCUT2D eigenvalue weighted by atomic mass is 35.5. The molecule has 7 heteroatoms. The third kappa shape index (κ3) is 2.47. The molecule has 102 valence electrons. The molecule has 0 aliphatic carbocycles. The molecule has 1 aromatic rings. The summed E-state index contributed by atoms with van der Waals surface area (Å²) >= 11 is 5.79. The summed E-state index contributed by atoms with van der Waals surface area (Å²) in [6.45, 7) is 1.89. The van der Waals surface area contributed by atoms with E-state index in [0.29, 0.717) is 6.42 Å². The highest BCUT2D eigenvalue weighted by Gasteiger charge is 2.46. The van der Waals surface area contributed by atoms with Crippen molar-refractivity contribution in [3.8, 4) is 6.07 Å². The maximum absolute atomic E-state index is 12.4. The Morgan fingerprint density at radius 3 is 2.68 bits per heavy atom. The Labute approximate surface area is 117 Å². The van der Waals surface area contributed by atoms with E-state index in [1.165, 1.54) is 18.2 Å². The van der Waals surface area contributed by atoms with Crippen LogP contribution in [0.1, 0.15) is 18.9 Å². The largest absolute Gasteiger partial charge is 0.387 e. The highest BCUT2D eigenvalue weighted by Crippen LogP contribution is 2.32. The molecular weight excluding hydrogens is 288 g/mol. The van der Waals surface area contributed by atoms with Gasteiger partial charge in [-0.3, -0.25) is 0 Å². The molecule has 0 atom stereocenters. The van der Waals surface area contributed by atoms with Gasteiger partial charge in [0.1, 0.15) is 11.0 Å². The summed E-state index contributed by atoms with van der Waals surface area (Å²) in [5.74, 6) is 0. The van der Waals surface area contributed by atoms with Crippen LogP contribution < -0.4 is 0 Å². The Morgan fingerprint density at radius 2 is 2.16 bits per heavy atom. The van der Waals surface area contributed by atoms with Gasteiger partial charge in [0, 0.05) is 18.1 Å². The zero-order valence-electron chi connectivity index (χ0n) is 10.3. The average molecular weight is 301 g/mol. The van der Waals surface area contributed by atoms with Crippen molar-refractivity contribution in [3.63, 3.8) is 0 Å². The molecule has 0 radical (unpaired) electrons. The first kappa shape index (κ1) is 14.3. The highest BCUT2D eigenvalue weighted by molar-refractivity contribution is 7.89. The molecular formula is C12H13ClN2O3S. The number of rotatable bonds is 3. The van der Waals surface area contributed by atoms with Crippen LogP contribution in [0, 0.1) is 11.3 Å². The van der Waals surface area contributed by atoms with Gasteiger partial charge in [-0.1, -0.05) is 18.5 Å². The van der Waals surface area contributed by atoms with Gasteiger partial charge in [0.2, 0.25) is 10.0 Å². The molecule has 0 spiro atoms. The molecule has 1 aromatic carbocycles. The second-order valence-corrected chi connectivity index (χ2v) is 6.95. The van der Waals surface area contributed by atoms with E-state index in [-0.39, 0.29) is 28.6 Å². The minimum Gasteiger partial charge on any atom is -0.387 e. The fraction of sp³-hybridized carbons (Fsp3) is 0.417. The molecule has 1 saturated heterocycles. The minimum absolute atomic E-state index is 0.0449. The number of aliphatic hydroxyl groups is 1. The number of halogens is 1. The quantitative estimate of drug-likeness (QED) is 0.914. The Balaban J connectivity index is 2.37. The van der Waals surface area contributed by atoms with E-state index in [2.05, 4.69) is 0 Å². The lowest BCUT2D eigenvalue weighted by Gasteiger charge is -2.44. The summed E-state index contributed by atoms with van der Waals surface area (Å²) in [7, 11) is -3.78. The molecule has 19 heavy (non-hydrogen) atoms. The van der Waals surface area contributed by atoms with Crippen LogP contribution in [-0.4, -0.2) is 36.5 Å². The first-order valence-electron chi connectivity index (χ1n) is 5.74. The van der Waals surface area contributed by atoms with E-state index in [4.69, 9.17) is 16.9 Å². The van der Waals surface area contributed by atoms with E-state index in [1.54, 1.807) is 6.92 Å². The summed E-state index contributed by atoms with van der Waals surface area (Å²) < 4.78 is 25.9. The molecule has 1 heterocycles. The minimum atomic E-state index is -3.78. The standard InChI is InChI=1S/C12H13ClN2O3S/c1-2-12(16)7-15(8-12)19(17,18)11-5-10(13)4-3-9(11)6-14/h3-5,16H,2,7-8H2,1H3. The lowest BCUT2D eigenvalue weighted by atomic mass is 9.94. The summed E-state index contributed by atoms with van der Waals surface area (Å²) in [5.41, 5.74) is -0.908. The molecule has 1 aliphatic heterocycles. The van der Waals surface area contributed by atoms with Gasteiger partial charge in [-0.2, -0.15) is 9.57 Å². The monoisotopic (exact) mass is 300 g/mol. The number of hydrogen-bond acceptors (Lipinski definition) is 4. The Bertz CT molecular complexity index is 645. The lowest BCUT2D eigenvalue weighted by Crippen LogP contribution is -2.62. The van der Waals surface area contributed by atoms with Crippen molar-refractivity contribution >= 4 is 21.6 Å². The molecule has 0 aromatic heterocycles. The first-order valence-corrected chi connectivity index (χ1v) is 7.56. The number of β-amino-alcohol motifs (C(OH)–C–C–N with tert-alkyl or cyclic N) is 1. The van der Waals surface area contributed by atoms with E-state index in [0.717, 1.165) is 4.31 Å². The molecule has 2 rings (SSSR count). The van der Waals surface area contributed by atoms with Gasteiger partial charge >= 0.3 is 0 Å². The second kappa shape index (κ2) is 4.76. The third-order valence-electron chi connectivity index (χ3n) is 3.28. The molecule has 0 saturated carbocycles. The molecule has 1 N–H and O–H groups in total. The zero-order chi connectivity index (χ0) is 14.3. The number of nitriles is 1. The van der Waals surface area contributed by atoms with E-state index in [9.17, 15) is 13.5 Å². The molecule has 1 fully saturated rings. The summed E-state index contributed by atoms with van der Waals surface area (Å²) in [6.07, 6.45) is 0.486. The number of benzene rings is 1. The van der Waals surface area contributed by atoms with Crippen LogP contribution in [0.2, 0.25) is 5.02 Å². The van der Waals surface area contributed by atoms with Crippen LogP contribution in [0.3, 0.4) is 0 Å². The van der Waals surface area contributed by atoms with Crippen LogP contribution in [0.4, 0.5) is 0 Å². The smallest absolute Gasteiger partial charge is 0.244 e. The van der Waals surface area contributed by atoms with Gasteiger partial charge in [0.15, 0.2) is 0 Å². The average Bonchev–Trinajstić information content (AvgIpc) is 2.34.